The van der Waals surface area contributed by atoms with Crippen LogP contribution in [0.3, 0.4) is 0 Å². The highest BCUT2D eigenvalue weighted by molar-refractivity contribution is 7.11. The molecule has 0 aliphatic carbocycles. The van der Waals surface area contributed by atoms with Crippen molar-refractivity contribution in [3.05, 3.63) is 45.4 Å². The molecule has 0 saturated heterocycles. The van der Waals surface area contributed by atoms with Gasteiger partial charge in [0.15, 0.2) is 0 Å². The summed E-state index contributed by atoms with van der Waals surface area (Å²) in [5.41, 5.74) is 2.03. The molecule has 2 rings (SSSR count). The summed E-state index contributed by atoms with van der Waals surface area (Å²) in [6.07, 6.45) is 1.15. The second-order valence-electron chi connectivity index (χ2n) is 4.88. The molecular formula is C16H20N2O2S. The fraction of sp³-hybridized carbons (Fsp3) is 0.375. The summed E-state index contributed by atoms with van der Waals surface area (Å²) in [5, 5.41) is 4.01. The summed E-state index contributed by atoms with van der Waals surface area (Å²) in [6.45, 7) is 4.70. The van der Waals surface area contributed by atoms with Crippen LogP contribution in [0.2, 0.25) is 0 Å². The normalized spacial score (nSPS) is 10.4. The van der Waals surface area contributed by atoms with Crippen molar-refractivity contribution in [2.45, 2.75) is 26.7 Å². The Hall–Kier alpha value is -1.88. The van der Waals surface area contributed by atoms with Crippen LogP contribution in [0.4, 0.5) is 0 Å². The zero-order valence-electron chi connectivity index (χ0n) is 12.6. The van der Waals surface area contributed by atoms with E-state index in [9.17, 15) is 4.79 Å². The zero-order valence-corrected chi connectivity index (χ0v) is 13.4. The summed E-state index contributed by atoms with van der Waals surface area (Å²) in [6, 6.07) is 7.57. The number of hydrogen-bond acceptors (Lipinski definition) is 4. The van der Waals surface area contributed by atoms with Crippen molar-refractivity contribution in [3.8, 4) is 5.75 Å². The van der Waals surface area contributed by atoms with Crippen LogP contribution in [0.25, 0.3) is 0 Å². The van der Waals surface area contributed by atoms with Crippen molar-refractivity contribution in [3.63, 3.8) is 0 Å². The number of aryl methyl sites for hydroxylation is 2. The average molecular weight is 304 g/mol. The quantitative estimate of drug-likeness (QED) is 0.892. The summed E-state index contributed by atoms with van der Waals surface area (Å²) in [4.78, 5) is 17.6. The number of methoxy groups -OCH3 is 1. The number of amides is 1. The van der Waals surface area contributed by atoms with E-state index in [1.807, 2.05) is 31.2 Å². The molecular weight excluding hydrogens is 284 g/mol. The molecule has 0 aliphatic heterocycles. The molecule has 21 heavy (non-hydrogen) atoms. The fourth-order valence-electron chi connectivity index (χ4n) is 1.99. The maximum absolute atomic E-state index is 11.9. The highest BCUT2D eigenvalue weighted by Crippen LogP contribution is 2.16. The topological polar surface area (TPSA) is 51.2 Å². The maximum atomic E-state index is 11.9. The van der Waals surface area contributed by atoms with E-state index >= 15 is 0 Å². The minimum atomic E-state index is 0.0215. The zero-order chi connectivity index (χ0) is 15.2. The third-order valence-electron chi connectivity index (χ3n) is 3.23. The van der Waals surface area contributed by atoms with E-state index < -0.39 is 0 Å². The van der Waals surface area contributed by atoms with E-state index in [0.29, 0.717) is 13.0 Å². The van der Waals surface area contributed by atoms with Gasteiger partial charge in [-0.3, -0.25) is 4.79 Å². The molecule has 0 fully saturated rings. The van der Waals surface area contributed by atoms with Crippen molar-refractivity contribution in [2.75, 3.05) is 13.7 Å². The number of nitrogens with one attached hydrogen (secondary N) is 1. The summed E-state index contributed by atoms with van der Waals surface area (Å²) in [7, 11) is 1.62. The van der Waals surface area contributed by atoms with Crippen LogP contribution in [0.5, 0.6) is 5.75 Å². The fourth-order valence-corrected chi connectivity index (χ4v) is 2.92. The van der Waals surface area contributed by atoms with Crippen molar-refractivity contribution < 1.29 is 9.53 Å². The van der Waals surface area contributed by atoms with Crippen LogP contribution in [0, 0.1) is 13.8 Å². The van der Waals surface area contributed by atoms with Gasteiger partial charge in [-0.15, -0.1) is 11.3 Å². The molecule has 0 unspecified atom stereocenters. The standard InChI is InChI=1S/C16H20N2O2S/c1-11-12(2)21-16(18-11)7-8-17-15(19)10-13-5-4-6-14(9-13)20-3/h4-6,9H,7-8,10H2,1-3H3,(H,17,19). The molecule has 1 N–H and O–H groups in total. The van der Waals surface area contributed by atoms with E-state index in [0.717, 1.165) is 28.4 Å². The molecule has 0 aliphatic rings. The predicted octanol–water partition coefficient (Wildman–Crippen LogP) is 2.67. The first-order chi connectivity index (χ1) is 10.1. The molecule has 1 aromatic heterocycles. The van der Waals surface area contributed by atoms with Gasteiger partial charge < -0.3 is 10.1 Å². The predicted molar refractivity (Wildman–Crippen MR) is 85.0 cm³/mol. The number of aromatic nitrogens is 1. The Kier molecular flexibility index (Phi) is 5.33. The molecule has 4 nitrogen and oxygen atoms in total. The van der Waals surface area contributed by atoms with E-state index in [-0.39, 0.29) is 5.91 Å². The molecule has 5 heteroatoms. The Bertz CT molecular complexity index is 603. The second-order valence-corrected chi connectivity index (χ2v) is 6.17. The number of carbonyl (C=O) groups excluding carboxylic acids is 1. The average Bonchev–Trinajstić information content (AvgIpc) is 2.78. The number of benzene rings is 1. The molecule has 112 valence electrons. The first-order valence-corrected chi connectivity index (χ1v) is 7.72. The number of ether oxygens (including phenoxy) is 1. The van der Waals surface area contributed by atoms with E-state index in [1.54, 1.807) is 18.4 Å². The van der Waals surface area contributed by atoms with Crippen molar-refractivity contribution in [1.29, 1.82) is 0 Å². The minimum absolute atomic E-state index is 0.0215. The van der Waals surface area contributed by atoms with Crippen LogP contribution in [0.15, 0.2) is 24.3 Å². The van der Waals surface area contributed by atoms with Crippen LogP contribution >= 0.6 is 11.3 Å². The van der Waals surface area contributed by atoms with Crippen molar-refractivity contribution >= 4 is 17.2 Å². The largest absolute Gasteiger partial charge is 0.497 e. The number of hydrogen-bond donors (Lipinski definition) is 1. The third-order valence-corrected chi connectivity index (χ3v) is 4.37. The number of rotatable bonds is 6. The van der Waals surface area contributed by atoms with Gasteiger partial charge in [0.05, 0.1) is 24.2 Å². The van der Waals surface area contributed by atoms with Gasteiger partial charge in [-0.1, -0.05) is 12.1 Å². The third kappa shape index (κ3) is 4.56. The Morgan fingerprint density at radius 3 is 2.86 bits per heavy atom. The molecule has 0 spiro atoms. The van der Waals surface area contributed by atoms with E-state index in [1.165, 1.54) is 4.88 Å². The molecule has 0 saturated carbocycles. The lowest BCUT2D eigenvalue weighted by molar-refractivity contribution is -0.120. The Labute approximate surface area is 129 Å². The second kappa shape index (κ2) is 7.22. The number of carbonyl (C=O) groups is 1. The summed E-state index contributed by atoms with van der Waals surface area (Å²) in [5.74, 6) is 0.794. The highest BCUT2D eigenvalue weighted by atomic mass is 32.1. The Morgan fingerprint density at radius 2 is 2.19 bits per heavy atom. The van der Waals surface area contributed by atoms with Crippen LogP contribution in [-0.4, -0.2) is 24.5 Å². The van der Waals surface area contributed by atoms with Crippen LogP contribution in [-0.2, 0) is 17.6 Å². The minimum Gasteiger partial charge on any atom is -0.497 e. The van der Waals surface area contributed by atoms with Crippen LogP contribution in [0.1, 0.15) is 21.1 Å². The molecule has 0 atom stereocenters. The number of thiazole rings is 1. The Morgan fingerprint density at radius 1 is 1.38 bits per heavy atom. The van der Waals surface area contributed by atoms with Gasteiger partial charge in [-0.25, -0.2) is 4.98 Å². The molecule has 1 heterocycles. The monoisotopic (exact) mass is 304 g/mol. The SMILES string of the molecule is COc1cccc(CC(=O)NCCc2nc(C)c(C)s2)c1. The first kappa shape index (κ1) is 15.5. The van der Waals surface area contributed by atoms with Gasteiger partial charge in [-0.2, -0.15) is 0 Å². The van der Waals surface area contributed by atoms with Crippen molar-refractivity contribution in [2.24, 2.45) is 0 Å². The van der Waals surface area contributed by atoms with Gasteiger partial charge in [0, 0.05) is 17.8 Å². The van der Waals surface area contributed by atoms with Gasteiger partial charge in [-0.05, 0) is 31.5 Å². The first-order valence-electron chi connectivity index (χ1n) is 6.91. The molecule has 0 bridgehead atoms. The smallest absolute Gasteiger partial charge is 0.224 e. The Balaban J connectivity index is 1.79. The lowest BCUT2D eigenvalue weighted by Crippen LogP contribution is -2.27. The van der Waals surface area contributed by atoms with Gasteiger partial charge in [0.2, 0.25) is 5.91 Å². The van der Waals surface area contributed by atoms with E-state index in [4.69, 9.17) is 4.74 Å². The molecule has 0 radical (unpaired) electrons. The van der Waals surface area contributed by atoms with Crippen molar-refractivity contribution in [1.82, 2.24) is 10.3 Å². The van der Waals surface area contributed by atoms with Gasteiger partial charge >= 0.3 is 0 Å². The lowest BCUT2D eigenvalue weighted by atomic mass is 10.1. The van der Waals surface area contributed by atoms with Gasteiger partial charge in [0.25, 0.3) is 0 Å². The summed E-state index contributed by atoms with van der Waals surface area (Å²) < 4.78 is 5.15. The number of nitrogens with zero attached hydrogens (tertiary/aromatic N) is 1. The van der Waals surface area contributed by atoms with Crippen LogP contribution < -0.4 is 10.1 Å². The molecule has 1 amide bonds. The summed E-state index contributed by atoms with van der Waals surface area (Å²) >= 11 is 1.70. The lowest BCUT2D eigenvalue weighted by Gasteiger charge is -2.06. The molecule has 2 aromatic rings. The maximum Gasteiger partial charge on any atom is 0.224 e. The van der Waals surface area contributed by atoms with E-state index in [2.05, 4.69) is 17.2 Å². The molecule has 1 aromatic carbocycles. The highest BCUT2D eigenvalue weighted by Gasteiger charge is 2.06. The van der Waals surface area contributed by atoms with Gasteiger partial charge in [0.1, 0.15) is 5.75 Å².